The summed E-state index contributed by atoms with van der Waals surface area (Å²) in [5.74, 6) is -0.474. The molecule has 1 N–H and O–H groups in total. The van der Waals surface area contributed by atoms with Gasteiger partial charge in [0.1, 0.15) is 12.1 Å². The molecular formula is C17H24N2O4. The lowest BCUT2D eigenvalue weighted by Crippen LogP contribution is -2.53. The first kappa shape index (κ1) is 17.3. The molecule has 0 radical (unpaired) electrons. The van der Waals surface area contributed by atoms with Crippen LogP contribution in [0.25, 0.3) is 0 Å². The number of urea groups is 1. The Morgan fingerprint density at radius 3 is 2.61 bits per heavy atom. The largest absolute Gasteiger partial charge is 0.467 e. The predicted molar refractivity (Wildman–Crippen MR) is 85.9 cm³/mol. The van der Waals surface area contributed by atoms with Gasteiger partial charge in [-0.1, -0.05) is 44.2 Å². The van der Waals surface area contributed by atoms with Crippen molar-refractivity contribution in [1.82, 2.24) is 10.2 Å². The molecule has 1 aromatic carbocycles. The number of nitrogens with one attached hydrogen (secondary N) is 1. The number of amides is 2. The molecule has 126 valence electrons. The number of rotatable bonds is 4. The van der Waals surface area contributed by atoms with Crippen molar-refractivity contribution in [2.45, 2.75) is 26.0 Å². The second-order valence-electron chi connectivity index (χ2n) is 5.91. The lowest BCUT2D eigenvalue weighted by atomic mass is 10.0. The molecule has 0 aromatic heterocycles. The molecule has 1 unspecified atom stereocenters. The Kier molecular flexibility index (Phi) is 5.98. The zero-order valence-corrected chi connectivity index (χ0v) is 13.8. The van der Waals surface area contributed by atoms with Crippen molar-refractivity contribution in [1.29, 1.82) is 0 Å². The minimum Gasteiger partial charge on any atom is -0.467 e. The third-order valence-corrected chi connectivity index (χ3v) is 3.93. The van der Waals surface area contributed by atoms with E-state index in [-0.39, 0.29) is 18.1 Å². The highest BCUT2D eigenvalue weighted by Crippen LogP contribution is 2.22. The summed E-state index contributed by atoms with van der Waals surface area (Å²) < 4.78 is 10.5. The molecule has 1 aromatic rings. The van der Waals surface area contributed by atoms with E-state index in [1.807, 2.05) is 44.2 Å². The van der Waals surface area contributed by atoms with Crippen molar-refractivity contribution >= 4 is 12.0 Å². The number of methoxy groups -OCH3 is 1. The highest BCUT2D eigenvalue weighted by molar-refractivity contribution is 5.83. The molecule has 0 aliphatic carbocycles. The molecule has 1 heterocycles. The fourth-order valence-corrected chi connectivity index (χ4v) is 2.55. The molecule has 2 amide bonds. The van der Waals surface area contributed by atoms with Crippen molar-refractivity contribution in [3.05, 3.63) is 35.9 Å². The first-order valence-corrected chi connectivity index (χ1v) is 7.82. The SMILES string of the molecule is COC(=O)[C@H](NC(=O)N1CCOC(c2ccccc2)C1)C(C)C. The van der Waals surface area contributed by atoms with Crippen LogP contribution < -0.4 is 5.32 Å². The molecule has 0 spiro atoms. The maximum atomic E-state index is 12.5. The Labute approximate surface area is 136 Å². The molecule has 23 heavy (non-hydrogen) atoms. The number of morpholine rings is 1. The number of carbonyl (C=O) groups is 2. The van der Waals surface area contributed by atoms with E-state index in [9.17, 15) is 9.59 Å². The highest BCUT2D eigenvalue weighted by atomic mass is 16.5. The summed E-state index contributed by atoms with van der Waals surface area (Å²) >= 11 is 0. The van der Waals surface area contributed by atoms with E-state index in [1.165, 1.54) is 7.11 Å². The third kappa shape index (κ3) is 4.45. The van der Waals surface area contributed by atoms with E-state index in [4.69, 9.17) is 9.47 Å². The van der Waals surface area contributed by atoms with E-state index >= 15 is 0 Å². The van der Waals surface area contributed by atoms with Gasteiger partial charge in [0.15, 0.2) is 0 Å². The lowest BCUT2D eigenvalue weighted by molar-refractivity contribution is -0.144. The lowest BCUT2D eigenvalue weighted by Gasteiger charge is -2.34. The quantitative estimate of drug-likeness (QED) is 0.861. The minimum atomic E-state index is -0.648. The maximum Gasteiger partial charge on any atom is 0.328 e. The average Bonchev–Trinajstić information content (AvgIpc) is 2.59. The second-order valence-corrected chi connectivity index (χ2v) is 5.91. The van der Waals surface area contributed by atoms with Gasteiger partial charge in [0.25, 0.3) is 0 Å². The zero-order valence-electron chi connectivity index (χ0n) is 13.8. The molecule has 1 fully saturated rings. The zero-order chi connectivity index (χ0) is 16.8. The number of esters is 1. The molecule has 6 nitrogen and oxygen atoms in total. The summed E-state index contributed by atoms with van der Waals surface area (Å²) in [7, 11) is 1.32. The standard InChI is InChI=1S/C17H24N2O4/c1-12(2)15(16(20)22-3)18-17(21)19-9-10-23-14(11-19)13-7-5-4-6-8-13/h4-8,12,14-15H,9-11H2,1-3H3,(H,18,21)/t14?,15-/m1/s1. The average molecular weight is 320 g/mol. The molecule has 1 aliphatic rings. The van der Waals surface area contributed by atoms with Crippen LogP contribution in [0, 0.1) is 5.92 Å². The van der Waals surface area contributed by atoms with Crippen LogP contribution in [0.1, 0.15) is 25.5 Å². The molecule has 6 heteroatoms. The Hall–Kier alpha value is -2.08. The molecule has 0 bridgehead atoms. The Morgan fingerprint density at radius 1 is 1.30 bits per heavy atom. The fourth-order valence-electron chi connectivity index (χ4n) is 2.55. The van der Waals surface area contributed by atoms with Crippen LogP contribution in [-0.2, 0) is 14.3 Å². The van der Waals surface area contributed by atoms with Gasteiger partial charge in [-0.05, 0) is 11.5 Å². The molecule has 1 saturated heterocycles. The number of benzene rings is 1. The van der Waals surface area contributed by atoms with E-state index in [1.54, 1.807) is 4.90 Å². The molecular weight excluding hydrogens is 296 g/mol. The van der Waals surface area contributed by atoms with Gasteiger partial charge in [-0.15, -0.1) is 0 Å². The van der Waals surface area contributed by atoms with Crippen molar-refractivity contribution in [3.8, 4) is 0 Å². The van der Waals surface area contributed by atoms with E-state index in [0.717, 1.165) is 5.56 Å². The van der Waals surface area contributed by atoms with E-state index in [2.05, 4.69) is 5.32 Å². The molecule has 2 atom stereocenters. The van der Waals surface area contributed by atoms with E-state index < -0.39 is 12.0 Å². The van der Waals surface area contributed by atoms with Gasteiger partial charge in [0.05, 0.1) is 20.3 Å². The van der Waals surface area contributed by atoms with Crippen LogP contribution in [0.5, 0.6) is 0 Å². The Balaban J connectivity index is 2.00. The van der Waals surface area contributed by atoms with E-state index in [0.29, 0.717) is 19.7 Å². The van der Waals surface area contributed by atoms with Crippen molar-refractivity contribution in [3.63, 3.8) is 0 Å². The predicted octanol–water partition coefficient (Wildman–Crippen LogP) is 1.97. The van der Waals surface area contributed by atoms with Gasteiger partial charge in [0, 0.05) is 6.54 Å². The second kappa shape index (κ2) is 7.97. The smallest absolute Gasteiger partial charge is 0.328 e. The summed E-state index contributed by atoms with van der Waals surface area (Å²) in [6.45, 7) is 5.17. The molecule has 0 saturated carbocycles. The molecule has 2 rings (SSSR count). The fraction of sp³-hybridized carbons (Fsp3) is 0.529. The van der Waals surface area contributed by atoms with Crippen LogP contribution in [0.2, 0.25) is 0 Å². The minimum absolute atomic E-state index is 0.0441. The number of hydrogen-bond donors (Lipinski definition) is 1. The van der Waals surface area contributed by atoms with Crippen LogP contribution in [0.4, 0.5) is 4.79 Å². The van der Waals surface area contributed by atoms with Crippen molar-refractivity contribution in [2.75, 3.05) is 26.8 Å². The first-order chi connectivity index (χ1) is 11.0. The number of ether oxygens (including phenoxy) is 2. The van der Waals surface area contributed by atoms with Crippen LogP contribution in [-0.4, -0.2) is 49.7 Å². The monoisotopic (exact) mass is 320 g/mol. The summed E-state index contributed by atoms with van der Waals surface area (Å²) in [6, 6.07) is 8.90. The van der Waals surface area contributed by atoms with Crippen LogP contribution >= 0.6 is 0 Å². The number of carbonyl (C=O) groups excluding carboxylic acids is 2. The van der Waals surface area contributed by atoms with Crippen molar-refractivity contribution < 1.29 is 19.1 Å². The van der Waals surface area contributed by atoms with Crippen LogP contribution in [0.3, 0.4) is 0 Å². The maximum absolute atomic E-state index is 12.5. The summed E-state index contributed by atoms with van der Waals surface area (Å²) in [5.41, 5.74) is 1.04. The van der Waals surface area contributed by atoms with Crippen molar-refractivity contribution in [2.24, 2.45) is 5.92 Å². The van der Waals surface area contributed by atoms with Gasteiger partial charge in [-0.2, -0.15) is 0 Å². The number of nitrogens with zero attached hydrogens (tertiary/aromatic N) is 1. The van der Waals surface area contributed by atoms with Crippen LogP contribution in [0.15, 0.2) is 30.3 Å². The molecule has 1 aliphatic heterocycles. The normalized spacial score (nSPS) is 19.3. The Bertz CT molecular complexity index is 533. The first-order valence-electron chi connectivity index (χ1n) is 7.82. The van der Waals surface area contributed by atoms with Gasteiger partial charge < -0.3 is 19.7 Å². The summed E-state index contributed by atoms with van der Waals surface area (Å²) in [5, 5.41) is 2.77. The van der Waals surface area contributed by atoms with Gasteiger partial charge >= 0.3 is 12.0 Å². The third-order valence-electron chi connectivity index (χ3n) is 3.93. The number of hydrogen-bond acceptors (Lipinski definition) is 4. The summed E-state index contributed by atoms with van der Waals surface area (Å²) in [4.78, 5) is 25.9. The van der Waals surface area contributed by atoms with Gasteiger partial charge in [-0.3, -0.25) is 0 Å². The van der Waals surface area contributed by atoms with Gasteiger partial charge in [-0.25, -0.2) is 9.59 Å². The highest BCUT2D eigenvalue weighted by Gasteiger charge is 2.30. The van der Waals surface area contributed by atoms with Gasteiger partial charge in [0.2, 0.25) is 0 Å². The topological polar surface area (TPSA) is 67.9 Å². The summed E-state index contributed by atoms with van der Waals surface area (Å²) in [6.07, 6.45) is -0.147. The Morgan fingerprint density at radius 2 is 2.00 bits per heavy atom.